The molecule has 1 aliphatic rings. The third-order valence-corrected chi connectivity index (χ3v) is 4.57. The summed E-state index contributed by atoms with van der Waals surface area (Å²) in [5.41, 5.74) is 0. The molecular formula is C6H12O4S3. The van der Waals surface area contributed by atoms with Crippen LogP contribution >= 0.6 is 21.6 Å². The Kier molecular flexibility index (Phi) is 4.37. The summed E-state index contributed by atoms with van der Waals surface area (Å²) >= 11 is 0. The maximum atomic E-state index is 10.9. The number of hydrogen-bond acceptors (Lipinski definition) is 6. The molecule has 0 bridgehead atoms. The zero-order valence-electron chi connectivity index (χ0n) is 7.43. The molecule has 78 valence electrons. The van der Waals surface area contributed by atoms with Crippen LogP contribution in [0.5, 0.6) is 0 Å². The van der Waals surface area contributed by atoms with Gasteiger partial charge in [-0.3, -0.25) is 4.18 Å². The van der Waals surface area contributed by atoms with Crippen molar-refractivity contribution < 1.29 is 17.3 Å². The second kappa shape index (κ2) is 4.88. The summed E-state index contributed by atoms with van der Waals surface area (Å²) in [6.07, 6.45) is 0.596. The van der Waals surface area contributed by atoms with E-state index >= 15 is 0 Å². The van der Waals surface area contributed by atoms with E-state index in [1.807, 2.05) is 0 Å². The van der Waals surface area contributed by atoms with Crippen molar-refractivity contribution in [1.82, 2.24) is 0 Å². The summed E-state index contributed by atoms with van der Waals surface area (Å²) in [7, 11) is 1.48. The van der Waals surface area contributed by atoms with Gasteiger partial charge in [-0.1, -0.05) is 21.6 Å². The van der Waals surface area contributed by atoms with Crippen molar-refractivity contribution in [3.05, 3.63) is 0 Å². The smallest absolute Gasteiger partial charge is 0.264 e. The van der Waals surface area contributed by atoms with E-state index in [0.717, 1.165) is 12.0 Å². The van der Waals surface area contributed by atoms with Gasteiger partial charge in [-0.25, -0.2) is 0 Å². The molecular weight excluding hydrogens is 232 g/mol. The molecule has 1 fully saturated rings. The largest absolute Gasteiger partial charge is 0.378 e. The van der Waals surface area contributed by atoms with Crippen LogP contribution in [0.4, 0.5) is 0 Å². The van der Waals surface area contributed by atoms with Gasteiger partial charge >= 0.3 is 0 Å². The predicted molar refractivity (Wildman–Crippen MR) is 55.4 cm³/mol. The molecule has 0 N–H and O–H groups in total. The lowest BCUT2D eigenvalue weighted by Gasteiger charge is -2.27. The van der Waals surface area contributed by atoms with E-state index < -0.39 is 10.1 Å². The van der Waals surface area contributed by atoms with Crippen LogP contribution in [0.15, 0.2) is 0 Å². The summed E-state index contributed by atoms with van der Waals surface area (Å²) in [5, 5.41) is 0. The van der Waals surface area contributed by atoms with Gasteiger partial charge in [0.05, 0.1) is 12.4 Å². The van der Waals surface area contributed by atoms with Gasteiger partial charge in [0.25, 0.3) is 10.1 Å². The summed E-state index contributed by atoms with van der Waals surface area (Å²) in [4.78, 5) is 0. The molecule has 2 unspecified atom stereocenters. The molecule has 13 heavy (non-hydrogen) atoms. The summed E-state index contributed by atoms with van der Waals surface area (Å²) < 4.78 is 31.8. The molecule has 0 aromatic heterocycles. The minimum Gasteiger partial charge on any atom is -0.378 e. The predicted octanol–water partition coefficient (Wildman–Crippen LogP) is 0.741. The Bertz CT molecular complexity index is 251. The van der Waals surface area contributed by atoms with E-state index in [2.05, 4.69) is 0 Å². The molecule has 0 aromatic rings. The average molecular weight is 244 g/mol. The van der Waals surface area contributed by atoms with Gasteiger partial charge in [0, 0.05) is 18.6 Å². The lowest BCUT2D eigenvalue weighted by molar-refractivity contribution is 0.0317. The van der Waals surface area contributed by atoms with Gasteiger partial charge in [0.1, 0.15) is 6.10 Å². The van der Waals surface area contributed by atoms with E-state index in [1.165, 1.54) is 0 Å². The first kappa shape index (κ1) is 11.6. The molecule has 1 saturated heterocycles. The van der Waals surface area contributed by atoms with Crippen LogP contribution in [0.2, 0.25) is 0 Å². The minimum atomic E-state index is -3.37. The molecule has 1 rings (SSSR count). The third kappa shape index (κ3) is 4.07. The molecule has 0 spiro atoms. The molecule has 0 radical (unpaired) electrons. The van der Waals surface area contributed by atoms with E-state index in [9.17, 15) is 8.42 Å². The molecule has 1 heterocycles. The Morgan fingerprint density at radius 1 is 1.23 bits per heavy atom. The van der Waals surface area contributed by atoms with Gasteiger partial charge in [0.2, 0.25) is 0 Å². The first-order chi connectivity index (χ1) is 6.03. The highest BCUT2D eigenvalue weighted by Gasteiger charge is 2.29. The van der Waals surface area contributed by atoms with Crippen LogP contribution in [0.1, 0.15) is 0 Å². The number of hydrogen-bond donors (Lipinski definition) is 0. The first-order valence-corrected chi connectivity index (χ1v) is 7.99. The fraction of sp³-hybridized carbons (Fsp3) is 1.00. The molecule has 0 aromatic carbocycles. The van der Waals surface area contributed by atoms with E-state index in [-0.39, 0.29) is 12.2 Å². The average Bonchev–Trinajstić information content (AvgIpc) is 2.02. The molecule has 0 saturated carbocycles. The van der Waals surface area contributed by atoms with Gasteiger partial charge in [-0.2, -0.15) is 8.42 Å². The zero-order chi connectivity index (χ0) is 9.90. The highest BCUT2D eigenvalue weighted by Crippen LogP contribution is 2.32. The Labute approximate surface area is 86.3 Å². The zero-order valence-corrected chi connectivity index (χ0v) is 9.88. The van der Waals surface area contributed by atoms with E-state index in [0.29, 0.717) is 5.75 Å². The molecule has 7 heteroatoms. The number of methoxy groups -OCH3 is 1. The highest BCUT2D eigenvalue weighted by atomic mass is 33.1. The number of rotatable bonds is 3. The molecule has 1 aliphatic heterocycles. The van der Waals surface area contributed by atoms with Crippen molar-refractivity contribution in [2.24, 2.45) is 0 Å². The monoisotopic (exact) mass is 244 g/mol. The Hall–Kier alpha value is 0.570. The van der Waals surface area contributed by atoms with Gasteiger partial charge in [0.15, 0.2) is 0 Å². The van der Waals surface area contributed by atoms with E-state index in [1.54, 1.807) is 28.7 Å². The van der Waals surface area contributed by atoms with Crippen LogP contribution in [0, 0.1) is 0 Å². The van der Waals surface area contributed by atoms with Gasteiger partial charge in [-0.15, -0.1) is 0 Å². The SMILES string of the molecule is COC1CSSCC1OS(C)(=O)=O. The quantitative estimate of drug-likeness (QED) is 0.539. The van der Waals surface area contributed by atoms with Crippen LogP contribution < -0.4 is 0 Å². The fourth-order valence-corrected chi connectivity index (χ4v) is 4.18. The fourth-order valence-electron chi connectivity index (χ4n) is 0.979. The van der Waals surface area contributed by atoms with Crippen molar-refractivity contribution in [3.8, 4) is 0 Å². The van der Waals surface area contributed by atoms with Crippen LogP contribution in [0.25, 0.3) is 0 Å². The molecule has 2 atom stereocenters. The summed E-state index contributed by atoms with van der Waals surface area (Å²) in [6.45, 7) is 0. The topological polar surface area (TPSA) is 52.6 Å². The summed E-state index contributed by atoms with van der Waals surface area (Å²) in [5.74, 6) is 1.41. The standard InChI is InChI=1S/C6H12O4S3/c1-9-5-3-11-12-4-6(5)10-13(2,7)8/h5-6H,3-4H2,1-2H3. The minimum absolute atomic E-state index is 0.124. The van der Waals surface area contributed by atoms with Crippen molar-refractivity contribution in [1.29, 1.82) is 0 Å². The Morgan fingerprint density at radius 2 is 1.77 bits per heavy atom. The van der Waals surface area contributed by atoms with Gasteiger partial charge < -0.3 is 4.74 Å². The second-order valence-corrected chi connectivity index (χ2v) is 6.83. The molecule has 4 nitrogen and oxygen atoms in total. The molecule has 0 amide bonds. The van der Waals surface area contributed by atoms with Crippen molar-refractivity contribution in [3.63, 3.8) is 0 Å². The maximum Gasteiger partial charge on any atom is 0.264 e. The molecule has 0 aliphatic carbocycles. The Morgan fingerprint density at radius 3 is 2.23 bits per heavy atom. The van der Waals surface area contributed by atoms with Crippen molar-refractivity contribution in [2.45, 2.75) is 12.2 Å². The number of ether oxygens (including phenoxy) is 1. The van der Waals surface area contributed by atoms with Crippen LogP contribution in [-0.2, 0) is 19.0 Å². The highest BCUT2D eigenvalue weighted by molar-refractivity contribution is 8.76. The van der Waals surface area contributed by atoms with Crippen molar-refractivity contribution in [2.75, 3.05) is 24.9 Å². The maximum absolute atomic E-state index is 10.9. The second-order valence-electron chi connectivity index (χ2n) is 2.68. The van der Waals surface area contributed by atoms with Gasteiger partial charge in [-0.05, 0) is 0 Å². The normalized spacial score (nSPS) is 30.3. The van der Waals surface area contributed by atoms with Crippen LogP contribution in [-0.4, -0.2) is 45.5 Å². The third-order valence-electron chi connectivity index (χ3n) is 1.56. The van der Waals surface area contributed by atoms with Crippen molar-refractivity contribution >= 4 is 31.7 Å². The Balaban J connectivity index is 2.55. The van der Waals surface area contributed by atoms with Crippen LogP contribution in [0.3, 0.4) is 0 Å². The lowest BCUT2D eigenvalue weighted by atomic mass is 10.2. The lowest BCUT2D eigenvalue weighted by Crippen LogP contribution is -2.38. The summed E-state index contributed by atoms with van der Waals surface area (Å²) in [6, 6.07) is 0. The van der Waals surface area contributed by atoms with E-state index in [4.69, 9.17) is 8.92 Å². The first-order valence-electron chi connectivity index (χ1n) is 3.68.